The average Bonchev–Trinajstić information content (AvgIpc) is 2.83. The Kier molecular flexibility index (Phi) is 4.73. The highest BCUT2D eigenvalue weighted by molar-refractivity contribution is 9.10. The number of rotatable bonds is 5. The molecule has 2 aromatic rings. The van der Waals surface area contributed by atoms with Crippen molar-refractivity contribution in [2.75, 3.05) is 6.54 Å². The SMILES string of the molecule is Cc1c(Br)cccc1C(=O)NCCCc1n[nH]c(=O)[nH]1. The molecule has 6 nitrogen and oxygen atoms in total. The molecule has 0 fully saturated rings. The molecule has 0 radical (unpaired) electrons. The Morgan fingerprint density at radius 1 is 1.45 bits per heavy atom. The number of hydrogen-bond donors (Lipinski definition) is 3. The van der Waals surface area contributed by atoms with E-state index in [4.69, 9.17) is 0 Å². The Balaban J connectivity index is 1.83. The van der Waals surface area contributed by atoms with Gasteiger partial charge in [-0.3, -0.25) is 9.78 Å². The van der Waals surface area contributed by atoms with Crippen LogP contribution in [0.4, 0.5) is 0 Å². The zero-order valence-electron chi connectivity index (χ0n) is 11.0. The van der Waals surface area contributed by atoms with Crippen LogP contribution in [0.2, 0.25) is 0 Å². The fourth-order valence-corrected chi connectivity index (χ4v) is 2.20. The lowest BCUT2D eigenvalue weighted by molar-refractivity contribution is 0.0952. The van der Waals surface area contributed by atoms with Crippen molar-refractivity contribution in [3.8, 4) is 0 Å². The third-order valence-corrected chi connectivity index (χ3v) is 3.80. The molecule has 2 rings (SSSR count). The number of carbonyl (C=O) groups excluding carboxylic acids is 1. The van der Waals surface area contributed by atoms with Gasteiger partial charge < -0.3 is 5.32 Å². The first-order chi connectivity index (χ1) is 9.58. The first-order valence-electron chi connectivity index (χ1n) is 6.25. The van der Waals surface area contributed by atoms with Gasteiger partial charge in [0, 0.05) is 23.0 Å². The zero-order chi connectivity index (χ0) is 14.5. The maximum absolute atomic E-state index is 12.0. The van der Waals surface area contributed by atoms with E-state index in [0.29, 0.717) is 30.8 Å². The number of aryl methyl sites for hydroxylation is 1. The number of hydrogen-bond acceptors (Lipinski definition) is 3. The van der Waals surface area contributed by atoms with Crippen molar-refractivity contribution >= 4 is 21.8 Å². The maximum Gasteiger partial charge on any atom is 0.340 e. The molecule has 0 aliphatic rings. The Morgan fingerprint density at radius 3 is 2.95 bits per heavy atom. The van der Waals surface area contributed by atoms with Gasteiger partial charge in [0.05, 0.1) is 0 Å². The van der Waals surface area contributed by atoms with E-state index in [-0.39, 0.29) is 11.6 Å². The summed E-state index contributed by atoms with van der Waals surface area (Å²) in [7, 11) is 0. The second-order valence-corrected chi connectivity index (χ2v) is 5.25. The Labute approximate surface area is 124 Å². The van der Waals surface area contributed by atoms with Gasteiger partial charge in [-0.1, -0.05) is 22.0 Å². The lowest BCUT2D eigenvalue weighted by Crippen LogP contribution is -2.25. The van der Waals surface area contributed by atoms with Crippen LogP contribution in [-0.2, 0) is 6.42 Å². The number of halogens is 1. The van der Waals surface area contributed by atoms with Crippen LogP contribution in [-0.4, -0.2) is 27.6 Å². The molecule has 3 N–H and O–H groups in total. The second kappa shape index (κ2) is 6.51. The fraction of sp³-hybridized carbons (Fsp3) is 0.308. The molecule has 1 amide bonds. The molecule has 0 aliphatic carbocycles. The normalized spacial score (nSPS) is 10.5. The van der Waals surface area contributed by atoms with E-state index in [1.807, 2.05) is 19.1 Å². The van der Waals surface area contributed by atoms with Crippen LogP contribution in [0.5, 0.6) is 0 Å². The molecule has 20 heavy (non-hydrogen) atoms. The molecule has 0 aliphatic heterocycles. The summed E-state index contributed by atoms with van der Waals surface area (Å²) < 4.78 is 0.916. The average molecular weight is 339 g/mol. The third kappa shape index (κ3) is 3.57. The van der Waals surface area contributed by atoms with Crippen LogP contribution in [0, 0.1) is 6.92 Å². The Bertz CT molecular complexity index is 662. The van der Waals surface area contributed by atoms with Crippen molar-refractivity contribution in [2.24, 2.45) is 0 Å². The summed E-state index contributed by atoms with van der Waals surface area (Å²) in [5.74, 6) is 0.502. The van der Waals surface area contributed by atoms with Gasteiger partial charge >= 0.3 is 5.69 Å². The van der Waals surface area contributed by atoms with Crippen molar-refractivity contribution in [3.63, 3.8) is 0 Å². The predicted molar refractivity (Wildman–Crippen MR) is 78.7 cm³/mol. The molecule has 0 bridgehead atoms. The molecule has 0 spiro atoms. The minimum absolute atomic E-state index is 0.0979. The molecule has 106 valence electrons. The molecule has 0 unspecified atom stereocenters. The van der Waals surface area contributed by atoms with E-state index >= 15 is 0 Å². The van der Waals surface area contributed by atoms with Gasteiger partial charge in [0.2, 0.25) is 0 Å². The summed E-state index contributed by atoms with van der Waals surface area (Å²) >= 11 is 3.40. The number of aromatic amines is 2. The summed E-state index contributed by atoms with van der Waals surface area (Å²) in [4.78, 5) is 25.4. The van der Waals surface area contributed by atoms with E-state index in [1.54, 1.807) is 6.07 Å². The van der Waals surface area contributed by atoms with Crippen LogP contribution in [0.25, 0.3) is 0 Å². The Hall–Kier alpha value is -1.89. The first-order valence-corrected chi connectivity index (χ1v) is 7.04. The van der Waals surface area contributed by atoms with E-state index < -0.39 is 0 Å². The number of nitrogens with one attached hydrogen (secondary N) is 3. The minimum atomic E-state index is -0.311. The summed E-state index contributed by atoms with van der Waals surface area (Å²) in [5.41, 5.74) is 1.27. The minimum Gasteiger partial charge on any atom is -0.352 e. The van der Waals surface area contributed by atoms with Gasteiger partial charge in [-0.15, -0.1) is 0 Å². The van der Waals surface area contributed by atoms with Gasteiger partial charge in [-0.05, 0) is 31.0 Å². The van der Waals surface area contributed by atoms with E-state index in [2.05, 4.69) is 36.4 Å². The summed E-state index contributed by atoms with van der Waals surface area (Å²) in [5, 5.41) is 8.96. The lowest BCUT2D eigenvalue weighted by Gasteiger charge is -2.08. The number of benzene rings is 1. The molecule has 0 saturated carbocycles. The van der Waals surface area contributed by atoms with Gasteiger partial charge in [0.15, 0.2) is 0 Å². The highest BCUT2D eigenvalue weighted by Crippen LogP contribution is 2.19. The van der Waals surface area contributed by atoms with Crippen LogP contribution in [0.1, 0.15) is 28.2 Å². The van der Waals surface area contributed by atoms with Crippen LogP contribution >= 0.6 is 15.9 Å². The standard InChI is InChI=1S/C13H15BrN4O2/c1-8-9(4-2-5-10(8)14)12(19)15-7-3-6-11-16-13(20)18-17-11/h2,4-5H,3,6-7H2,1H3,(H,15,19)(H2,16,17,18,20). The molecule has 1 heterocycles. The Morgan fingerprint density at radius 2 is 2.25 bits per heavy atom. The molecule has 7 heteroatoms. The second-order valence-electron chi connectivity index (χ2n) is 4.40. The number of carbonyl (C=O) groups is 1. The van der Waals surface area contributed by atoms with Crippen molar-refractivity contribution in [2.45, 2.75) is 19.8 Å². The number of aromatic nitrogens is 3. The molecule has 1 aromatic carbocycles. The number of H-pyrrole nitrogens is 2. The van der Waals surface area contributed by atoms with Gasteiger partial charge in [-0.25, -0.2) is 9.89 Å². The lowest BCUT2D eigenvalue weighted by atomic mass is 10.1. The number of amides is 1. The van der Waals surface area contributed by atoms with Crippen molar-refractivity contribution < 1.29 is 4.79 Å². The van der Waals surface area contributed by atoms with Crippen LogP contribution in [0.15, 0.2) is 27.5 Å². The smallest absolute Gasteiger partial charge is 0.340 e. The molecular weight excluding hydrogens is 324 g/mol. The maximum atomic E-state index is 12.0. The first kappa shape index (κ1) is 14.5. The van der Waals surface area contributed by atoms with E-state index in [0.717, 1.165) is 10.0 Å². The highest BCUT2D eigenvalue weighted by Gasteiger charge is 2.09. The largest absolute Gasteiger partial charge is 0.352 e. The van der Waals surface area contributed by atoms with Crippen molar-refractivity contribution in [1.82, 2.24) is 20.5 Å². The monoisotopic (exact) mass is 338 g/mol. The topological polar surface area (TPSA) is 90.6 Å². The molecule has 0 saturated heterocycles. The van der Waals surface area contributed by atoms with Crippen LogP contribution in [0.3, 0.4) is 0 Å². The molecule has 0 atom stereocenters. The molecule has 1 aromatic heterocycles. The van der Waals surface area contributed by atoms with Gasteiger partial charge in [-0.2, -0.15) is 5.10 Å². The fourth-order valence-electron chi connectivity index (χ4n) is 1.83. The van der Waals surface area contributed by atoms with E-state index in [1.165, 1.54) is 0 Å². The summed E-state index contributed by atoms with van der Waals surface area (Å²) in [6.45, 7) is 2.42. The highest BCUT2D eigenvalue weighted by atomic mass is 79.9. The summed E-state index contributed by atoms with van der Waals surface area (Å²) in [6, 6.07) is 5.53. The quantitative estimate of drug-likeness (QED) is 0.722. The van der Waals surface area contributed by atoms with Crippen LogP contribution < -0.4 is 11.0 Å². The zero-order valence-corrected chi connectivity index (χ0v) is 12.6. The van der Waals surface area contributed by atoms with E-state index in [9.17, 15) is 9.59 Å². The third-order valence-electron chi connectivity index (χ3n) is 2.94. The predicted octanol–water partition coefficient (Wildman–Crippen LogP) is 1.53. The summed E-state index contributed by atoms with van der Waals surface area (Å²) in [6.07, 6.45) is 1.32. The van der Waals surface area contributed by atoms with Gasteiger partial charge in [0.25, 0.3) is 5.91 Å². The van der Waals surface area contributed by atoms with Crippen molar-refractivity contribution in [1.29, 1.82) is 0 Å². The molecular formula is C13H15BrN4O2. The van der Waals surface area contributed by atoms with Crippen molar-refractivity contribution in [3.05, 3.63) is 50.1 Å². The van der Waals surface area contributed by atoms with Gasteiger partial charge in [0.1, 0.15) is 5.82 Å². The number of nitrogens with zero attached hydrogens (tertiary/aromatic N) is 1.